The quantitative estimate of drug-likeness (QED) is 0.564. The average Bonchev–Trinajstić information content (AvgIpc) is 2.59. The molecule has 0 atom stereocenters. The highest BCUT2D eigenvalue weighted by Crippen LogP contribution is 2.20. The smallest absolute Gasteiger partial charge is 0.328 e. The number of nitrogens with one attached hydrogen (secondary N) is 1. The summed E-state index contributed by atoms with van der Waals surface area (Å²) >= 11 is 0. The molecule has 7 heteroatoms. The second-order valence-corrected chi connectivity index (χ2v) is 4.17. The van der Waals surface area contributed by atoms with Gasteiger partial charge in [-0.05, 0) is 12.1 Å². The number of aromatic nitrogens is 2. The fourth-order valence-electron chi connectivity index (χ4n) is 1.17. The lowest BCUT2D eigenvalue weighted by Crippen LogP contribution is -1.99. The number of hydrogen-bond donors (Lipinski definition) is 2. The van der Waals surface area contributed by atoms with Gasteiger partial charge in [0, 0.05) is 0 Å². The maximum absolute atomic E-state index is 10.8. The van der Waals surface area contributed by atoms with Crippen LogP contribution in [0.4, 0.5) is 5.69 Å². The third-order valence-corrected chi connectivity index (χ3v) is 2.50. The van der Waals surface area contributed by atoms with Crippen LogP contribution in [0.25, 0.3) is 15.9 Å². The third kappa shape index (κ3) is 1.68. The van der Waals surface area contributed by atoms with Crippen molar-refractivity contribution in [2.75, 3.05) is 0 Å². The first-order chi connectivity index (χ1) is 7.00. The highest BCUT2D eigenvalue weighted by atomic mass is 32.2. The Morgan fingerprint density at radius 1 is 1.47 bits per heavy atom. The Balaban J connectivity index is 2.73. The van der Waals surface area contributed by atoms with Gasteiger partial charge in [-0.3, -0.25) is 4.55 Å². The molecule has 15 heavy (non-hydrogen) atoms. The van der Waals surface area contributed by atoms with Crippen LogP contribution in [-0.4, -0.2) is 22.9 Å². The first-order valence-corrected chi connectivity index (χ1v) is 5.29. The number of imidazole rings is 1. The monoisotopic (exact) mass is 223 g/mol. The lowest BCUT2D eigenvalue weighted by Gasteiger charge is -1.87. The van der Waals surface area contributed by atoms with Crippen molar-refractivity contribution in [2.45, 2.75) is 5.16 Å². The number of fused-ring (bicyclic) bond motifs is 1. The van der Waals surface area contributed by atoms with E-state index in [-0.39, 0.29) is 0 Å². The summed E-state index contributed by atoms with van der Waals surface area (Å²) in [7, 11) is -4.33. The summed E-state index contributed by atoms with van der Waals surface area (Å²) in [5.74, 6) is 0. The summed E-state index contributed by atoms with van der Waals surface area (Å²) in [4.78, 5) is 9.26. The number of nitrogens with zero attached hydrogens (tertiary/aromatic N) is 2. The Bertz CT molecular complexity index is 666. The fourth-order valence-corrected chi connectivity index (χ4v) is 1.62. The molecule has 0 unspecified atom stereocenters. The Labute approximate surface area is 85.1 Å². The average molecular weight is 223 g/mol. The van der Waals surface area contributed by atoms with Gasteiger partial charge >= 0.3 is 10.1 Å². The fraction of sp³-hybridized carbons (Fsp3) is 0. The molecule has 1 aromatic heterocycles. The number of hydrogen-bond acceptors (Lipinski definition) is 3. The van der Waals surface area contributed by atoms with Gasteiger partial charge in [0.2, 0.25) is 0 Å². The van der Waals surface area contributed by atoms with E-state index in [0.29, 0.717) is 16.7 Å². The molecule has 0 bridgehead atoms. The molecule has 0 amide bonds. The molecule has 0 saturated carbocycles. The van der Waals surface area contributed by atoms with Gasteiger partial charge in [0.1, 0.15) is 0 Å². The number of rotatable bonds is 1. The number of benzene rings is 1. The number of aromatic amines is 1. The summed E-state index contributed by atoms with van der Waals surface area (Å²) in [5, 5.41) is -0.514. The number of H-pyrrole nitrogens is 1. The van der Waals surface area contributed by atoms with Crippen molar-refractivity contribution in [1.29, 1.82) is 0 Å². The molecule has 1 heterocycles. The van der Waals surface area contributed by atoms with Crippen LogP contribution < -0.4 is 0 Å². The maximum atomic E-state index is 10.8. The lowest BCUT2D eigenvalue weighted by molar-refractivity contribution is 0.476. The molecule has 76 valence electrons. The zero-order chi connectivity index (χ0) is 11.1. The van der Waals surface area contributed by atoms with Crippen molar-refractivity contribution >= 4 is 26.8 Å². The van der Waals surface area contributed by atoms with E-state index < -0.39 is 15.3 Å². The standard InChI is InChI=1S/C8H5N3O3S/c1-9-5-2-3-6-7(4-5)11-8(10-6)15(12,13)14/h2-4H,(H,10,11)(H,12,13,14). The van der Waals surface area contributed by atoms with Crippen LogP contribution in [0.2, 0.25) is 0 Å². The van der Waals surface area contributed by atoms with E-state index in [2.05, 4.69) is 14.8 Å². The molecule has 0 fully saturated rings. The minimum absolute atomic E-state index is 0.369. The van der Waals surface area contributed by atoms with Crippen LogP contribution in [0.15, 0.2) is 23.4 Å². The van der Waals surface area contributed by atoms with Crippen molar-refractivity contribution in [3.8, 4) is 0 Å². The first-order valence-electron chi connectivity index (χ1n) is 3.85. The molecule has 0 aliphatic heterocycles. The Morgan fingerprint density at radius 3 is 2.80 bits per heavy atom. The SMILES string of the molecule is [C-]#[N+]c1ccc2nc(S(=O)(=O)O)[nH]c2c1. The topological polar surface area (TPSA) is 87.4 Å². The van der Waals surface area contributed by atoms with Gasteiger partial charge in [0.05, 0.1) is 17.6 Å². The highest BCUT2D eigenvalue weighted by Gasteiger charge is 2.14. The molecule has 2 aromatic rings. The molecule has 0 aliphatic carbocycles. The Hall–Kier alpha value is -1.91. The van der Waals surface area contributed by atoms with Gasteiger partial charge < -0.3 is 4.98 Å². The van der Waals surface area contributed by atoms with Crippen LogP contribution >= 0.6 is 0 Å². The van der Waals surface area contributed by atoms with Crippen molar-refractivity contribution < 1.29 is 13.0 Å². The van der Waals surface area contributed by atoms with E-state index in [1.54, 1.807) is 0 Å². The molecule has 0 spiro atoms. The molecule has 2 rings (SSSR count). The molecular formula is C8H5N3O3S. The van der Waals surface area contributed by atoms with Crippen molar-refractivity contribution in [3.63, 3.8) is 0 Å². The predicted molar refractivity (Wildman–Crippen MR) is 52.2 cm³/mol. The third-order valence-electron chi connectivity index (χ3n) is 1.82. The summed E-state index contributed by atoms with van der Waals surface area (Å²) in [6.07, 6.45) is 0. The van der Waals surface area contributed by atoms with Gasteiger partial charge in [-0.2, -0.15) is 8.42 Å². The normalized spacial score (nSPS) is 11.5. The Kier molecular flexibility index (Phi) is 1.96. The van der Waals surface area contributed by atoms with Crippen LogP contribution in [0.3, 0.4) is 0 Å². The zero-order valence-corrected chi connectivity index (χ0v) is 8.11. The summed E-state index contributed by atoms with van der Waals surface area (Å²) in [6.45, 7) is 6.77. The minimum atomic E-state index is -4.33. The van der Waals surface area contributed by atoms with Crippen molar-refractivity contribution in [3.05, 3.63) is 29.6 Å². The lowest BCUT2D eigenvalue weighted by atomic mass is 10.3. The minimum Gasteiger partial charge on any atom is -0.328 e. The molecule has 0 saturated heterocycles. The van der Waals surface area contributed by atoms with E-state index in [1.165, 1.54) is 18.2 Å². The molecule has 0 aliphatic rings. The molecule has 0 radical (unpaired) electrons. The van der Waals surface area contributed by atoms with Crippen LogP contribution in [0.5, 0.6) is 0 Å². The van der Waals surface area contributed by atoms with E-state index in [9.17, 15) is 8.42 Å². The van der Waals surface area contributed by atoms with Crippen molar-refractivity contribution in [2.24, 2.45) is 0 Å². The first kappa shape index (κ1) is 9.64. The molecular weight excluding hydrogens is 218 g/mol. The second-order valence-electron chi connectivity index (χ2n) is 2.83. The predicted octanol–water partition coefficient (Wildman–Crippen LogP) is 1.36. The van der Waals surface area contributed by atoms with E-state index in [0.717, 1.165) is 0 Å². The van der Waals surface area contributed by atoms with Crippen molar-refractivity contribution in [1.82, 2.24) is 9.97 Å². The van der Waals surface area contributed by atoms with Crippen LogP contribution in [0, 0.1) is 6.57 Å². The molecule has 1 aromatic carbocycles. The van der Waals surface area contributed by atoms with Gasteiger partial charge in [0.25, 0.3) is 5.16 Å². The van der Waals surface area contributed by atoms with Gasteiger partial charge in [-0.25, -0.2) is 9.83 Å². The highest BCUT2D eigenvalue weighted by molar-refractivity contribution is 7.85. The van der Waals surface area contributed by atoms with E-state index in [4.69, 9.17) is 11.1 Å². The van der Waals surface area contributed by atoms with Crippen LogP contribution in [0.1, 0.15) is 0 Å². The summed E-state index contributed by atoms with van der Waals surface area (Å²) in [5.41, 5.74) is 1.15. The van der Waals surface area contributed by atoms with Gasteiger partial charge in [-0.1, -0.05) is 6.07 Å². The Morgan fingerprint density at radius 2 is 2.20 bits per heavy atom. The van der Waals surface area contributed by atoms with Gasteiger partial charge in [0.15, 0.2) is 5.69 Å². The van der Waals surface area contributed by atoms with Crippen LogP contribution in [-0.2, 0) is 10.1 Å². The maximum Gasteiger partial charge on any atom is 0.328 e. The zero-order valence-electron chi connectivity index (χ0n) is 7.30. The largest absolute Gasteiger partial charge is 0.328 e. The molecule has 6 nitrogen and oxygen atoms in total. The van der Waals surface area contributed by atoms with Gasteiger partial charge in [-0.15, -0.1) is 0 Å². The van der Waals surface area contributed by atoms with E-state index in [1.807, 2.05) is 0 Å². The molecule has 2 N–H and O–H groups in total. The summed E-state index contributed by atoms with van der Waals surface area (Å²) in [6, 6.07) is 4.49. The summed E-state index contributed by atoms with van der Waals surface area (Å²) < 4.78 is 30.3. The second kappa shape index (κ2) is 3.05. The van der Waals surface area contributed by atoms with E-state index >= 15 is 0 Å².